The van der Waals surface area contributed by atoms with E-state index in [0.717, 1.165) is 0 Å². The van der Waals surface area contributed by atoms with Crippen LogP contribution < -0.4 is 11.1 Å². The first-order valence-electron chi connectivity index (χ1n) is 8.81. The standard InChI is InChI=1S/C20H32N2O2/c1-7-24-16-12-20(21,19(16,5)6)17(23)22-13-18(3,4)15-11-9-8-10-14(15)2/h8-11,16H,7,12-13,21H2,1-6H3,(H,22,23). The van der Waals surface area contributed by atoms with E-state index in [2.05, 4.69) is 38.2 Å². The number of hydrogen-bond donors (Lipinski definition) is 2. The number of amides is 1. The van der Waals surface area contributed by atoms with Crippen LogP contribution in [0.4, 0.5) is 0 Å². The molecule has 4 heteroatoms. The molecule has 0 bridgehead atoms. The van der Waals surface area contributed by atoms with Crippen molar-refractivity contribution in [3.63, 3.8) is 0 Å². The van der Waals surface area contributed by atoms with E-state index in [1.165, 1.54) is 11.1 Å². The molecule has 24 heavy (non-hydrogen) atoms. The molecule has 1 aliphatic carbocycles. The normalized spacial score (nSPS) is 25.9. The molecule has 1 aromatic carbocycles. The molecule has 1 aliphatic rings. The molecule has 0 heterocycles. The first kappa shape index (κ1) is 18.9. The van der Waals surface area contributed by atoms with Crippen LogP contribution in [0.2, 0.25) is 0 Å². The van der Waals surface area contributed by atoms with Gasteiger partial charge in [-0.2, -0.15) is 0 Å². The topological polar surface area (TPSA) is 64.3 Å². The van der Waals surface area contributed by atoms with Gasteiger partial charge in [0.2, 0.25) is 5.91 Å². The molecule has 0 radical (unpaired) electrons. The van der Waals surface area contributed by atoms with Crippen LogP contribution in [0.1, 0.15) is 52.2 Å². The summed E-state index contributed by atoms with van der Waals surface area (Å²) in [5.41, 5.74) is 7.56. The summed E-state index contributed by atoms with van der Waals surface area (Å²) in [6.07, 6.45) is 0.618. The lowest BCUT2D eigenvalue weighted by Gasteiger charge is -2.57. The van der Waals surface area contributed by atoms with Crippen molar-refractivity contribution < 1.29 is 9.53 Å². The molecule has 2 atom stereocenters. The van der Waals surface area contributed by atoms with Crippen LogP contribution in [0.25, 0.3) is 0 Å². The Kier molecular flexibility index (Phi) is 5.12. The van der Waals surface area contributed by atoms with Gasteiger partial charge in [0.25, 0.3) is 0 Å². The molecule has 3 N–H and O–H groups in total. The summed E-state index contributed by atoms with van der Waals surface area (Å²) in [5, 5.41) is 3.09. The fraction of sp³-hybridized carbons (Fsp3) is 0.650. The van der Waals surface area contributed by atoms with E-state index >= 15 is 0 Å². The highest BCUT2D eigenvalue weighted by atomic mass is 16.5. The zero-order valence-corrected chi connectivity index (χ0v) is 15.9. The number of hydrogen-bond acceptors (Lipinski definition) is 3. The molecule has 0 saturated heterocycles. The fourth-order valence-corrected chi connectivity index (χ4v) is 3.71. The maximum Gasteiger partial charge on any atom is 0.240 e. The Morgan fingerprint density at radius 1 is 1.38 bits per heavy atom. The SMILES string of the molecule is CCOC1CC(N)(C(=O)NCC(C)(C)c2ccccc2C)C1(C)C. The predicted octanol–water partition coefficient (Wildman–Crippen LogP) is 2.92. The number of rotatable bonds is 6. The summed E-state index contributed by atoms with van der Waals surface area (Å²) in [7, 11) is 0. The molecule has 134 valence electrons. The second-order valence-corrected chi connectivity index (χ2v) is 8.22. The molecule has 1 fully saturated rings. The summed E-state index contributed by atoms with van der Waals surface area (Å²) in [6, 6.07) is 8.30. The maximum absolute atomic E-state index is 12.8. The number of nitrogens with two attached hydrogens (primary N) is 1. The first-order chi connectivity index (χ1) is 11.1. The Balaban J connectivity index is 2.05. The second kappa shape index (κ2) is 6.49. The van der Waals surface area contributed by atoms with Gasteiger partial charge in [-0.1, -0.05) is 52.0 Å². The zero-order chi connectivity index (χ0) is 18.2. The van der Waals surface area contributed by atoms with Crippen molar-refractivity contribution in [2.24, 2.45) is 11.1 Å². The van der Waals surface area contributed by atoms with Gasteiger partial charge in [-0.3, -0.25) is 4.79 Å². The van der Waals surface area contributed by atoms with Crippen molar-refractivity contribution in [1.29, 1.82) is 0 Å². The van der Waals surface area contributed by atoms with Crippen LogP contribution >= 0.6 is 0 Å². The summed E-state index contributed by atoms with van der Waals surface area (Å²) in [5.74, 6) is -0.0786. The number of carbonyl (C=O) groups excluding carboxylic acids is 1. The number of carbonyl (C=O) groups is 1. The van der Waals surface area contributed by atoms with Crippen molar-refractivity contribution in [3.05, 3.63) is 35.4 Å². The van der Waals surface area contributed by atoms with Crippen LogP contribution in [0.15, 0.2) is 24.3 Å². The van der Waals surface area contributed by atoms with Crippen LogP contribution in [0.3, 0.4) is 0 Å². The zero-order valence-electron chi connectivity index (χ0n) is 15.9. The maximum atomic E-state index is 12.8. The molecule has 1 aromatic rings. The summed E-state index contributed by atoms with van der Waals surface area (Å²) in [4.78, 5) is 12.8. The highest BCUT2D eigenvalue weighted by Crippen LogP contribution is 2.49. The Morgan fingerprint density at radius 2 is 2.00 bits per heavy atom. The molecule has 2 rings (SSSR count). The predicted molar refractivity (Wildman–Crippen MR) is 97.9 cm³/mol. The Bertz CT molecular complexity index is 609. The lowest BCUT2D eigenvalue weighted by atomic mass is 9.54. The van der Waals surface area contributed by atoms with E-state index in [9.17, 15) is 4.79 Å². The minimum atomic E-state index is -0.866. The Labute approximate surface area is 146 Å². The smallest absolute Gasteiger partial charge is 0.240 e. The average molecular weight is 332 g/mol. The van der Waals surface area contributed by atoms with Gasteiger partial charge in [0.05, 0.1) is 6.10 Å². The monoisotopic (exact) mass is 332 g/mol. The van der Waals surface area contributed by atoms with Gasteiger partial charge in [0.1, 0.15) is 5.54 Å². The minimum Gasteiger partial charge on any atom is -0.378 e. The molecular weight excluding hydrogens is 300 g/mol. The average Bonchev–Trinajstić information content (AvgIpc) is 2.52. The van der Waals surface area contributed by atoms with Crippen molar-refractivity contribution in [2.75, 3.05) is 13.2 Å². The van der Waals surface area contributed by atoms with Gasteiger partial charge >= 0.3 is 0 Å². The Hall–Kier alpha value is -1.39. The third kappa shape index (κ3) is 3.09. The largest absolute Gasteiger partial charge is 0.378 e. The van der Waals surface area contributed by atoms with Gasteiger partial charge in [-0.15, -0.1) is 0 Å². The number of aryl methyl sites for hydroxylation is 1. The van der Waals surface area contributed by atoms with Crippen LogP contribution in [0, 0.1) is 12.3 Å². The summed E-state index contributed by atoms with van der Waals surface area (Å²) < 4.78 is 5.71. The van der Waals surface area contributed by atoms with Crippen molar-refractivity contribution in [3.8, 4) is 0 Å². The third-order valence-electron chi connectivity index (χ3n) is 5.80. The van der Waals surface area contributed by atoms with E-state index in [1.807, 2.05) is 32.9 Å². The molecular formula is C20H32N2O2. The van der Waals surface area contributed by atoms with Gasteiger partial charge in [0, 0.05) is 30.4 Å². The molecule has 4 nitrogen and oxygen atoms in total. The number of nitrogens with one attached hydrogen (secondary N) is 1. The molecule has 0 spiro atoms. The van der Waals surface area contributed by atoms with Gasteiger partial charge in [-0.05, 0) is 25.0 Å². The summed E-state index contributed by atoms with van der Waals surface area (Å²) >= 11 is 0. The lowest BCUT2D eigenvalue weighted by Crippen LogP contribution is -2.76. The van der Waals surface area contributed by atoms with Gasteiger partial charge < -0.3 is 15.8 Å². The highest BCUT2D eigenvalue weighted by molar-refractivity contribution is 5.88. The van der Waals surface area contributed by atoms with E-state index in [1.54, 1.807) is 0 Å². The molecule has 0 aliphatic heterocycles. The Morgan fingerprint density at radius 3 is 2.54 bits per heavy atom. The van der Waals surface area contributed by atoms with E-state index in [0.29, 0.717) is 19.6 Å². The minimum absolute atomic E-state index is 0.0441. The van der Waals surface area contributed by atoms with Crippen LogP contribution in [-0.2, 0) is 14.9 Å². The van der Waals surface area contributed by atoms with Crippen molar-refractivity contribution >= 4 is 5.91 Å². The van der Waals surface area contributed by atoms with Crippen molar-refractivity contribution in [2.45, 2.75) is 65.0 Å². The van der Waals surface area contributed by atoms with Gasteiger partial charge in [0.15, 0.2) is 0 Å². The van der Waals surface area contributed by atoms with Crippen LogP contribution in [-0.4, -0.2) is 30.7 Å². The van der Waals surface area contributed by atoms with E-state index in [4.69, 9.17) is 10.5 Å². The van der Waals surface area contributed by atoms with Gasteiger partial charge in [-0.25, -0.2) is 0 Å². The number of ether oxygens (including phenoxy) is 1. The highest BCUT2D eigenvalue weighted by Gasteiger charge is 2.62. The van der Waals surface area contributed by atoms with Crippen LogP contribution in [0.5, 0.6) is 0 Å². The van der Waals surface area contributed by atoms with E-state index in [-0.39, 0.29) is 22.8 Å². The first-order valence-corrected chi connectivity index (χ1v) is 8.81. The molecule has 0 aromatic heterocycles. The quantitative estimate of drug-likeness (QED) is 0.842. The lowest BCUT2D eigenvalue weighted by molar-refractivity contribution is -0.170. The fourth-order valence-electron chi connectivity index (χ4n) is 3.71. The molecule has 1 saturated carbocycles. The second-order valence-electron chi connectivity index (χ2n) is 8.22. The molecule has 1 amide bonds. The number of benzene rings is 1. The van der Waals surface area contributed by atoms with E-state index < -0.39 is 5.54 Å². The third-order valence-corrected chi connectivity index (χ3v) is 5.80. The van der Waals surface area contributed by atoms with Crippen molar-refractivity contribution in [1.82, 2.24) is 5.32 Å². The molecule has 2 unspecified atom stereocenters. The summed E-state index contributed by atoms with van der Waals surface area (Å²) in [6.45, 7) is 13.6.